The molecule has 3 rings (SSSR count). The zero-order valence-corrected chi connectivity index (χ0v) is 13.5. The van der Waals surface area contributed by atoms with Crippen LogP contribution in [0.5, 0.6) is 0 Å². The van der Waals surface area contributed by atoms with Crippen LogP contribution in [-0.4, -0.2) is 21.6 Å². The number of nitrogens with zero attached hydrogens (tertiary/aromatic N) is 3. The molecular weight excluding hydrogens is 322 g/mol. The quantitative estimate of drug-likeness (QED) is 0.401. The lowest BCUT2D eigenvalue weighted by molar-refractivity contribution is -0.383. The molecule has 0 saturated carbocycles. The van der Waals surface area contributed by atoms with E-state index < -0.39 is 4.92 Å². The average Bonchev–Trinajstić information content (AvgIpc) is 3.10. The number of benzene rings is 2. The Morgan fingerprint density at radius 3 is 2.76 bits per heavy atom. The van der Waals surface area contributed by atoms with Crippen LogP contribution in [0.1, 0.15) is 18.7 Å². The number of anilines is 2. The van der Waals surface area contributed by atoms with Gasteiger partial charge in [-0.15, -0.1) is 0 Å². The molecule has 0 aliphatic carbocycles. The summed E-state index contributed by atoms with van der Waals surface area (Å²) < 4.78 is 5.31. The molecule has 0 amide bonds. The smallest absolute Gasteiger partial charge is 0.292 e. The molecule has 0 aliphatic heterocycles. The first-order valence-electron chi connectivity index (χ1n) is 7.71. The minimum absolute atomic E-state index is 0.0306. The molecular formula is C17H17N5O3. The first-order chi connectivity index (χ1) is 12.0. The Balaban J connectivity index is 1.72. The van der Waals surface area contributed by atoms with E-state index in [0.29, 0.717) is 29.6 Å². The van der Waals surface area contributed by atoms with Crippen molar-refractivity contribution in [1.82, 2.24) is 10.1 Å². The molecule has 25 heavy (non-hydrogen) atoms. The van der Waals surface area contributed by atoms with E-state index in [9.17, 15) is 10.1 Å². The van der Waals surface area contributed by atoms with Crippen molar-refractivity contribution in [2.24, 2.45) is 0 Å². The molecule has 0 radical (unpaired) electrons. The number of hydrogen-bond acceptors (Lipinski definition) is 7. The fourth-order valence-electron chi connectivity index (χ4n) is 2.34. The fourth-order valence-corrected chi connectivity index (χ4v) is 2.34. The summed E-state index contributed by atoms with van der Waals surface area (Å²) in [5.74, 6) is 0.835. The molecule has 0 spiro atoms. The summed E-state index contributed by atoms with van der Waals surface area (Å²) in [5, 5.41) is 18.1. The van der Waals surface area contributed by atoms with Crippen LogP contribution in [-0.2, 0) is 0 Å². The van der Waals surface area contributed by atoms with Crippen molar-refractivity contribution >= 4 is 17.1 Å². The number of nitro benzene ring substituents is 1. The molecule has 0 bridgehead atoms. The van der Waals surface area contributed by atoms with Crippen molar-refractivity contribution in [2.75, 3.05) is 17.6 Å². The molecule has 0 saturated heterocycles. The van der Waals surface area contributed by atoms with Crippen molar-refractivity contribution in [2.45, 2.75) is 12.8 Å². The molecule has 8 heteroatoms. The van der Waals surface area contributed by atoms with Crippen molar-refractivity contribution < 1.29 is 9.45 Å². The lowest BCUT2D eigenvalue weighted by atomic mass is 10.1. The van der Waals surface area contributed by atoms with E-state index in [1.165, 1.54) is 18.2 Å². The average molecular weight is 339 g/mol. The van der Waals surface area contributed by atoms with Gasteiger partial charge in [-0.2, -0.15) is 4.98 Å². The van der Waals surface area contributed by atoms with Crippen LogP contribution in [0.2, 0.25) is 0 Å². The molecule has 1 aromatic heterocycles. The van der Waals surface area contributed by atoms with Crippen molar-refractivity contribution in [1.29, 1.82) is 0 Å². The molecule has 3 aromatic rings. The first kappa shape index (κ1) is 16.4. The summed E-state index contributed by atoms with van der Waals surface area (Å²) in [4.78, 5) is 15.0. The maximum Gasteiger partial charge on any atom is 0.292 e. The van der Waals surface area contributed by atoms with Gasteiger partial charge in [0.05, 0.1) is 10.8 Å². The normalized spacial score (nSPS) is 11.9. The minimum atomic E-state index is -0.452. The number of hydrogen-bond donors (Lipinski definition) is 2. The maximum absolute atomic E-state index is 11.1. The summed E-state index contributed by atoms with van der Waals surface area (Å²) in [6.45, 7) is 2.29. The predicted octanol–water partition coefficient (Wildman–Crippen LogP) is 3.44. The Morgan fingerprint density at radius 2 is 2.04 bits per heavy atom. The van der Waals surface area contributed by atoms with Crippen LogP contribution in [0.15, 0.2) is 53.1 Å². The molecule has 2 aromatic carbocycles. The molecule has 3 N–H and O–H groups in total. The molecule has 8 nitrogen and oxygen atoms in total. The van der Waals surface area contributed by atoms with Crippen molar-refractivity contribution in [3.8, 4) is 11.4 Å². The van der Waals surface area contributed by atoms with Gasteiger partial charge in [0.1, 0.15) is 5.69 Å². The van der Waals surface area contributed by atoms with E-state index in [2.05, 4.69) is 15.5 Å². The number of aromatic nitrogens is 2. The van der Waals surface area contributed by atoms with Gasteiger partial charge in [-0.05, 0) is 12.1 Å². The lowest BCUT2D eigenvalue weighted by Crippen LogP contribution is -2.11. The van der Waals surface area contributed by atoms with Gasteiger partial charge >= 0.3 is 0 Å². The second-order valence-corrected chi connectivity index (χ2v) is 5.64. The highest BCUT2D eigenvalue weighted by molar-refractivity contribution is 5.67. The van der Waals surface area contributed by atoms with Gasteiger partial charge in [0, 0.05) is 23.9 Å². The zero-order valence-electron chi connectivity index (χ0n) is 13.5. The Kier molecular flexibility index (Phi) is 4.60. The molecule has 128 valence electrons. The lowest BCUT2D eigenvalue weighted by Gasteiger charge is -2.10. The second-order valence-electron chi connectivity index (χ2n) is 5.64. The Labute approximate surface area is 143 Å². The topological polar surface area (TPSA) is 120 Å². The number of nitrogens with one attached hydrogen (secondary N) is 1. The summed E-state index contributed by atoms with van der Waals surface area (Å²) in [6, 6.07) is 13.9. The van der Waals surface area contributed by atoms with Crippen LogP contribution < -0.4 is 11.1 Å². The van der Waals surface area contributed by atoms with Gasteiger partial charge in [0.15, 0.2) is 0 Å². The number of nitrogens with two attached hydrogens (primary N) is 1. The minimum Gasteiger partial charge on any atom is -0.399 e. The molecule has 1 heterocycles. The van der Waals surface area contributed by atoms with Gasteiger partial charge < -0.3 is 15.6 Å². The van der Waals surface area contributed by atoms with E-state index in [-0.39, 0.29) is 11.6 Å². The van der Waals surface area contributed by atoms with E-state index in [4.69, 9.17) is 10.3 Å². The van der Waals surface area contributed by atoms with Crippen LogP contribution in [0.3, 0.4) is 0 Å². The van der Waals surface area contributed by atoms with E-state index in [0.717, 1.165) is 5.56 Å². The van der Waals surface area contributed by atoms with Gasteiger partial charge in [-0.1, -0.05) is 42.4 Å². The number of nitrogen functional groups attached to an aromatic ring is 1. The van der Waals surface area contributed by atoms with Crippen LogP contribution in [0, 0.1) is 10.1 Å². The summed E-state index contributed by atoms with van der Waals surface area (Å²) in [7, 11) is 0. The fraction of sp³-hybridized carbons (Fsp3) is 0.176. The first-order valence-corrected chi connectivity index (χ1v) is 7.71. The third-order valence-corrected chi connectivity index (χ3v) is 3.71. The van der Waals surface area contributed by atoms with E-state index >= 15 is 0 Å². The highest BCUT2D eigenvalue weighted by Crippen LogP contribution is 2.27. The van der Waals surface area contributed by atoms with Crippen molar-refractivity contribution in [3.63, 3.8) is 0 Å². The number of nitro groups is 1. The highest BCUT2D eigenvalue weighted by Gasteiger charge is 2.18. The standard InChI is InChI=1S/C17H17N5O3/c1-11(10-19-14-9-13(18)7-8-15(14)22(23)24)17-20-16(21-25-17)12-5-3-2-4-6-12/h2-9,11,19H,10,18H2,1H3/t11-/m1/s1. The molecule has 0 unspecified atom stereocenters. The molecule has 0 fully saturated rings. The molecule has 1 atom stereocenters. The van der Waals surface area contributed by atoms with Crippen molar-refractivity contribution in [3.05, 3.63) is 64.5 Å². The van der Waals surface area contributed by atoms with Crippen LogP contribution in [0.4, 0.5) is 17.1 Å². The largest absolute Gasteiger partial charge is 0.399 e. The van der Waals surface area contributed by atoms with E-state index in [1.807, 2.05) is 37.3 Å². The number of rotatable bonds is 6. The SMILES string of the molecule is C[C@H](CNc1cc(N)ccc1[N+](=O)[O-])c1nc(-c2ccccc2)no1. The predicted molar refractivity (Wildman–Crippen MR) is 94.1 cm³/mol. The second kappa shape index (κ2) is 7.00. The summed E-state index contributed by atoms with van der Waals surface area (Å²) in [5.41, 5.74) is 7.35. The zero-order chi connectivity index (χ0) is 17.8. The third-order valence-electron chi connectivity index (χ3n) is 3.71. The summed E-state index contributed by atoms with van der Waals surface area (Å²) in [6.07, 6.45) is 0. The maximum atomic E-state index is 11.1. The van der Waals surface area contributed by atoms with Gasteiger partial charge in [0.2, 0.25) is 11.7 Å². The third kappa shape index (κ3) is 3.74. The Bertz CT molecular complexity index is 879. The van der Waals surface area contributed by atoms with Crippen LogP contribution >= 0.6 is 0 Å². The molecule has 0 aliphatic rings. The van der Waals surface area contributed by atoms with Gasteiger partial charge in [-0.3, -0.25) is 10.1 Å². The monoisotopic (exact) mass is 339 g/mol. The van der Waals surface area contributed by atoms with Gasteiger partial charge in [-0.25, -0.2) is 0 Å². The Morgan fingerprint density at radius 1 is 1.28 bits per heavy atom. The van der Waals surface area contributed by atoms with Crippen LogP contribution in [0.25, 0.3) is 11.4 Å². The van der Waals surface area contributed by atoms with E-state index in [1.54, 1.807) is 0 Å². The highest BCUT2D eigenvalue weighted by atomic mass is 16.6. The van der Waals surface area contributed by atoms with Gasteiger partial charge in [0.25, 0.3) is 5.69 Å². The summed E-state index contributed by atoms with van der Waals surface area (Å²) >= 11 is 0. The Hall–Kier alpha value is -3.42.